The Morgan fingerprint density at radius 3 is 2.42 bits per heavy atom. The number of anilines is 1. The molecule has 1 saturated heterocycles. The van der Waals surface area contributed by atoms with Gasteiger partial charge in [0.25, 0.3) is 0 Å². The van der Waals surface area contributed by atoms with Gasteiger partial charge in [-0.1, -0.05) is 37.5 Å². The number of hydrogen-bond acceptors (Lipinski definition) is 3. The van der Waals surface area contributed by atoms with Gasteiger partial charge in [0.1, 0.15) is 0 Å². The first-order valence-corrected chi connectivity index (χ1v) is 8.97. The maximum Gasteiger partial charge on any atom is 0.307 e. The van der Waals surface area contributed by atoms with E-state index in [1.165, 1.54) is 19.3 Å². The van der Waals surface area contributed by atoms with Gasteiger partial charge in [-0.25, -0.2) is 0 Å². The number of carbonyl (C=O) groups is 2. The summed E-state index contributed by atoms with van der Waals surface area (Å²) in [6.45, 7) is 1.49. The zero-order chi connectivity index (χ0) is 16.9. The van der Waals surface area contributed by atoms with Crippen LogP contribution in [0.1, 0.15) is 38.5 Å². The van der Waals surface area contributed by atoms with Crippen LogP contribution in [-0.2, 0) is 9.59 Å². The van der Waals surface area contributed by atoms with Gasteiger partial charge in [-0.3, -0.25) is 14.5 Å². The van der Waals surface area contributed by atoms with Gasteiger partial charge in [0.15, 0.2) is 0 Å². The van der Waals surface area contributed by atoms with Gasteiger partial charge < -0.3 is 10.0 Å². The summed E-state index contributed by atoms with van der Waals surface area (Å²) in [6, 6.07) is 10.2. The van der Waals surface area contributed by atoms with Gasteiger partial charge in [-0.15, -0.1) is 0 Å². The van der Waals surface area contributed by atoms with Crippen molar-refractivity contribution in [3.05, 3.63) is 30.3 Å². The first kappa shape index (κ1) is 17.0. The molecule has 1 unspecified atom stereocenters. The summed E-state index contributed by atoms with van der Waals surface area (Å²) in [5.41, 5.74) is 0.961. The second-order valence-electron chi connectivity index (χ2n) is 6.95. The van der Waals surface area contributed by atoms with Crippen molar-refractivity contribution in [2.75, 3.05) is 24.5 Å². The van der Waals surface area contributed by atoms with Crippen LogP contribution >= 0.6 is 0 Å². The van der Waals surface area contributed by atoms with Crippen LogP contribution < -0.4 is 4.90 Å². The summed E-state index contributed by atoms with van der Waals surface area (Å²) < 4.78 is 0. The predicted molar refractivity (Wildman–Crippen MR) is 93.0 cm³/mol. The Balaban J connectivity index is 1.70. The highest BCUT2D eigenvalue weighted by molar-refractivity contribution is 5.95. The third-order valence-corrected chi connectivity index (χ3v) is 5.22. The fraction of sp³-hybridized carbons (Fsp3) is 0.579. The van der Waals surface area contributed by atoms with E-state index in [1.807, 2.05) is 40.1 Å². The Morgan fingerprint density at radius 1 is 1.08 bits per heavy atom. The summed E-state index contributed by atoms with van der Waals surface area (Å²) in [4.78, 5) is 28.1. The molecule has 0 spiro atoms. The largest absolute Gasteiger partial charge is 0.481 e. The number of carboxylic acids is 1. The van der Waals surface area contributed by atoms with Crippen molar-refractivity contribution in [1.82, 2.24) is 4.90 Å². The summed E-state index contributed by atoms with van der Waals surface area (Å²) in [5, 5.41) is 9.13. The molecule has 0 aromatic heterocycles. The van der Waals surface area contributed by atoms with Gasteiger partial charge in [0.2, 0.25) is 5.91 Å². The van der Waals surface area contributed by atoms with Crippen LogP contribution in [-0.4, -0.2) is 47.6 Å². The van der Waals surface area contributed by atoms with Crippen LogP contribution in [0.25, 0.3) is 0 Å². The topological polar surface area (TPSA) is 60.9 Å². The number of para-hydroxylation sites is 1. The van der Waals surface area contributed by atoms with Crippen molar-refractivity contribution >= 4 is 17.6 Å². The number of aliphatic carboxylic acids is 1. The number of benzene rings is 1. The zero-order valence-electron chi connectivity index (χ0n) is 14.1. The number of carboxylic acid groups (broad SMARTS) is 1. The number of rotatable bonds is 5. The van der Waals surface area contributed by atoms with E-state index in [2.05, 4.69) is 0 Å². The average Bonchev–Trinajstić information content (AvgIpc) is 3.06. The molecule has 1 heterocycles. The molecule has 1 aliphatic carbocycles. The van der Waals surface area contributed by atoms with Crippen molar-refractivity contribution < 1.29 is 14.7 Å². The second-order valence-corrected chi connectivity index (χ2v) is 6.95. The Hall–Kier alpha value is -1.88. The maximum atomic E-state index is 13.0. The number of hydrogen-bond donors (Lipinski definition) is 1. The second kappa shape index (κ2) is 7.79. The molecular formula is C19H26N2O3. The van der Waals surface area contributed by atoms with Crippen LogP contribution in [0.3, 0.4) is 0 Å². The first-order valence-electron chi connectivity index (χ1n) is 8.97. The lowest BCUT2D eigenvalue weighted by Gasteiger charge is -2.35. The SMILES string of the molecule is O=C(O)C1CCN(CC(=O)N(c2ccccc2)C2CCCCC2)C1. The summed E-state index contributed by atoms with van der Waals surface area (Å²) in [7, 11) is 0. The molecule has 1 aromatic carbocycles. The number of nitrogens with zero attached hydrogens (tertiary/aromatic N) is 2. The van der Waals surface area contributed by atoms with Gasteiger partial charge in [0, 0.05) is 18.3 Å². The highest BCUT2D eigenvalue weighted by atomic mass is 16.4. The maximum absolute atomic E-state index is 13.0. The van der Waals surface area contributed by atoms with Gasteiger partial charge in [0.05, 0.1) is 12.5 Å². The van der Waals surface area contributed by atoms with Crippen molar-refractivity contribution in [1.29, 1.82) is 0 Å². The standard InChI is InChI=1S/C19H26N2O3/c22-18(14-20-12-11-15(13-20)19(23)24)21(16-7-3-1-4-8-16)17-9-5-2-6-10-17/h1,3-4,7-8,15,17H,2,5-6,9-14H2,(H,23,24). The minimum absolute atomic E-state index is 0.0964. The van der Waals surface area contributed by atoms with Crippen LogP contribution in [0.2, 0.25) is 0 Å². The average molecular weight is 330 g/mol. The molecule has 130 valence electrons. The smallest absolute Gasteiger partial charge is 0.307 e. The Morgan fingerprint density at radius 2 is 1.79 bits per heavy atom. The Labute approximate surface area is 143 Å². The lowest BCUT2D eigenvalue weighted by molar-refractivity contribution is -0.141. The van der Waals surface area contributed by atoms with Crippen molar-refractivity contribution in [2.24, 2.45) is 5.92 Å². The molecule has 5 heteroatoms. The molecule has 1 N–H and O–H groups in total. The lowest BCUT2D eigenvalue weighted by atomic mass is 9.93. The van der Waals surface area contributed by atoms with Gasteiger partial charge >= 0.3 is 5.97 Å². The van der Waals surface area contributed by atoms with E-state index in [9.17, 15) is 9.59 Å². The Kier molecular flexibility index (Phi) is 5.51. The minimum Gasteiger partial charge on any atom is -0.481 e. The van der Waals surface area contributed by atoms with Crippen molar-refractivity contribution in [2.45, 2.75) is 44.6 Å². The summed E-state index contributed by atoms with van der Waals surface area (Å²) in [5.74, 6) is -0.992. The summed E-state index contributed by atoms with van der Waals surface area (Å²) in [6.07, 6.45) is 6.34. The molecule has 1 saturated carbocycles. The monoisotopic (exact) mass is 330 g/mol. The van der Waals surface area contributed by atoms with E-state index >= 15 is 0 Å². The molecule has 1 aliphatic heterocycles. The fourth-order valence-corrected chi connectivity index (χ4v) is 3.93. The normalized spacial score (nSPS) is 22.4. The van der Waals surface area contributed by atoms with E-state index in [1.54, 1.807) is 0 Å². The summed E-state index contributed by atoms with van der Waals surface area (Å²) >= 11 is 0. The number of likely N-dealkylation sites (tertiary alicyclic amines) is 1. The fourth-order valence-electron chi connectivity index (χ4n) is 3.93. The molecular weight excluding hydrogens is 304 g/mol. The highest BCUT2D eigenvalue weighted by Gasteiger charge is 2.32. The molecule has 5 nitrogen and oxygen atoms in total. The molecule has 3 rings (SSSR count). The van der Waals surface area contributed by atoms with Gasteiger partial charge in [-0.2, -0.15) is 0 Å². The molecule has 1 aromatic rings. The third kappa shape index (κ3) is 3.96. The van der Waals surface area contributed by atoms with Crippen LogP contribution in [0.15, 0.2) is 30.3 Å². The van der Waals surface area contributed by atoms with Crippen LogP contribution in [0, 0.1) is 5.92 Å². The molecule has 2 aliphatic rings. The number of carbonyl (C=O) groups excluding carboxylic acids is 1. The third-order valence-electron chi connectivity index (χ3n) is 5.22. The van der Waals surface area contributed by atoms with E-state index < -0.39 is 5.97 Å². The van der Waals surface area contributed by atoms with E-state index in [-0.39, 0.29) is 17.9 Å². The molecule has 0 bridgehead atoms. The molecule has 1 atom stereocenters. The Bertz CT molecular complexity index is 569. The van der Waals surface area contributed by atoms with E-state index in [0.29, 0.717) is 26.1 Å². The zero-order valence-corrected chi connectivity index (χ0v) is 14.1. The van der Waals surface area contributed by atoms with E-state index in [4.69, 9.17) is 5.11 Å². The molecule has 24 heavy (non-hydrogen) atoms. The van der Waals surface area contributed by atoms with Crippen LogP contribution in [0.4, 0.5) is 5.69 Å². The first-order chi connectivity index (χ1) is 11.6. The van der Waals surface area contributed by atoms with E-state index in [0.717, 1.165) is 18.5 Å². The van der Waals surface area contributed by atoms with Crippen molar-refractivity contribution in [3.63, 3.8) is 0 Å². The lowest BCUT2D eigenvalue weighted by Crippen LogP contribution is -2.46. The molecule has 1 amide bonds. The van der Waals surface area contributed by atoms with Crippen molar-refractivity contribution in [3.8, 4) is 0 Å². The predicted octanol–water partition coefficient (Wildman–Crippen LogP) is 2.76. The molecule has 0 radical (unpaired) electrons. The van der Waals surface area contributed by atoms with Gasteiger partial charge in [-0.05, 0) is 37.9 Å². The minimum atomic E-state index is -0.753. The highest BCUT2D eigenvalue weighted by Crippen LogP contribution is 2.28. The number of amides is 1. The molecule has 2 fully saturated rings. The van der Waals surface area contributed by atoms with Crippen LogP contribution in [0.5, 0.6) is 0 Å². The quantitative estimate of drug-likeness (QED) is 0.902.